The molecule has 1 aromatic heterocycles. The molecule has 1 heterocycles. The molecule has 2 rings (SSSR count). The summed E-state index contributed by atoms with van der Waals surface area (Å²) in [6.07, 6.45) is 1.11. The van der Waals surface area contributed by atoms with E-state index in [0.717, 1.165) is 23.9 Å². The summed E-state index contributed by atoms with van der Waals surface area (Å²) < 4.78 is 0. The van der Waals surface area contributed by atoms with Gasteiger partial charge < -0.3 is 10.2 Å². The molecule has 5 heteroatoms. The minimum Gasteiger partial charge on any atom is -0.349 e. The van der Waals surface area contributed by atoms with E-state index in [-0.39, 0.29) is 5.91 Å². The van der Waals surface area contributed by atoms with Crippen LogP contribution in [0.25, 0.3) is 10.9 Å². The maximum Gasteiger partial charge on any atom is 0.272 e. The van der Waals surface area contributed by atoms with Crippen molar-refractivity contribution in [1.82, 2.24) is 20.4 Å². The minimum atomic E-state index is -0.125. The number of benzene rings is 1. The Bertz CT molecular complexity index is 578. The lowest BCUT2D eigenvalue weighted by molar-refractivity contribution is 0.0944. The highest BCUT2D eigenvalue weighted by Crippen LogP contribution is 2.14. The Morgan fingerprint density at radius 2 is 2.20 bits per heavy atom. The van der Waals surface area contributed by atoms with Gasteiger partial charge in [0.15, 0.2) is 5.69 Å². The van der Waals surface area contributed by atoms with Gasteiger partial charge in [-0.15, -0.1) is 0 Å². The van der Waals surface area contributed by atoms with Crippen LogP contribution in [0.1, 0.15) is 30.8 Å². The summed E-state index contributed by atoms with van der Waals surface area (Å²) in [5.41, 5.74) is 1.35. The molecule has 1 atom stereocenters. The van der Waals surface area contributed by atoms with E-state index in [2.05, 4.69) is 41.3 Å². The Morgan fingerprint density at radius 3 is 2.95 bits per heavy atom. The standard InChI is InChI=1S/C15H22N4O/c1-4-11(2)19(3)10-9-16-15(20)14-12-7-5-6-8-13(12)17-18-14/h5-8,11H,4,9-10H2,1-3H3,(H,16,20)(H,17,18). The lowest BCUT2D eigenvalue weighted by atomic mass is 10.2. The molecule has 0 aliphatic rings. The van der Waals surface area contributed by atoms with Gasteiger partial charge in [-0.2, -0.15) is 5.10 Å². The predicted molar refractivity (Wildman–Crippen MR) is 80.8 cm³/mol. The van der Waals surface area contributed by atoms with Crippen LogP contribution in [0.15, 0.2) is 24.3 Å². The molecular weight excluding hydrogens is 252 g/mol. The first-order valence-corrected chi connectivity index (χ1v) is 7.05. The molecule has 2 aromatic rings. The second-order valence-electron chi connectivity index (χ2n) is 5.11. The quantitative estimate of drug-likeness (QED) is 0.847. The number of hydrogen-bond donors (Lipinski definition) is 2. The molecule has 1 amide bonds. The van der Waals surface area contributed by atoms with Crippen LogP contribution >= 0.6 is 0 Å². The number of aromatic amines is 1. The summed E-state index contributed by atoms with van der Waals surface area (Å²) in [5, 5.41) is 10.8. The number of fused-ring (bicyclic) bond motifs is 1. The number of amides is 1. The van der Waals surface area contributed by atoms with Gasteiger partial charge in [0.1, 0.15) is 0 Å². The molecule has 1 unspecified atom stereocenters. The second kappa shape index (κ2) is 6.52. The zero-order valence-electron chi connectivity index (χ0n) is 12.3. The number of aromatic nitrogens is 2. The summed E-state index contributed by atoms with van der Waals surface area (Å²) in [7, 11) is 2.07. The maximum absolute atomic E-state index is 12.1. The molecule has 1 aromatic carbocycles. The monoisotopic (exact) mass is 274 g/mol. The molecular formula is C15H22N4O. The van der Waals surface area contributed by atoms with Crippen LogP contribution < -0.4 is 5.32 Å². The molecule has 0 aliphatic carbocycles. The summed E-state index contributed by atoms with van der Waals surface area (Å²) >= 11 is 0. The van der Waals surface area contributed by atoms with Gasteiger partial charge in [0.2, 0.25) is 0 Å². The van der Waals surface area contributed by atoms with Crippen LogP contribution in [0, 0.1) is 0 Å². The highest BCUT2D eigenvalue weighted by atomic mass is 16.1. The van der Waals surface area contributed by atoms with Crippen molar-refractivity contribution in [2.24, 2.45) is 0 Å². The summed E-state index contributed by atoms with van der Waals surface area (Å²) in [6.45, 7) is 5.81. The van der Waals surface area contributed by atoms with Crippen molar-refractivity contribution < 1.29 is 4.79 Å². The Morgan fingerprint density at radius 1 is 1.45 bits per heavy atom. The molecule has 2 N–H and O–H groups in total. The fourth-order valence-electron chi connectivity index (χ4n) is 2.10. The van der Waals surface area contributed by atoms with Crippen molar-refractivity contribution in [2.45, 2.75) is 26.3 Å². The van der Waals surface area contributed by atoms with Gasteiger partial charge in [-0.25, -0.2) is 0 Å². The number of rotatable bonds is 6. The molecule has 20 heavy (non-hydrogen) atoms. The van der Waals surface area contributed by atoms with E-state index >= 15 is 0 Å². The normalized spacial score (nSPS) is 12.8. The van der Waals surface area contributed by atoms with Gasteiger partial charge in [0.25, 0.3) is 5.91 Å². The van der Waals surface area contributed by atoms with Gasteiger partial charge in [0, 0.05) is 24.5 Å². The number of hydrogen-bond acceptors (Lipinski definition) is 3. The highest BCUT2D eigenvalue weighted by Gasteiger charge is 2.13. The first kappa shape index (κ1) is 14.5. The van der Waals surface area contributed by atoms with Crippen molar-refractivity contribution in [2.75, 3.05) is 20.1 Å². The summed E-state index contributed by atoms with van der Waals surface area (Å²) in [6, 6.07) is 8.17. The summed E-state index contributed by atoms with van der Waals surface area (Å²) in [5.74, 6) is -0.125. The molecule has 0 fully saturated rings. The fourth-order valence-corrected chi connectivity index (χ4v) is 2.10. The van der Waals surface area contributed by atoms with Crippen LogP contribution in [0.5, 0.6) is 0 Å². The first-order chi connectivity index (χ1) is 9.63. The third-order valence-electron chi connectivity index (χ3n) is 3.78. The molecule has 0 aliphatic heterocycles. The lowest BCUT2D eigenvalue weighted by Crippen LogP contribution is -2.37. The van der Waals surface area contributed by atoms with Gasteiger partial charge >= 0.3 is 0 Å². The van der Waals surface area contributed by atoms with E-state index in [4.69, 9.17) is 0 Å². The van der Waals surface area contributed by atoms with E-state index in [9.17, 15) is 4.79 Å². The molecule has 0 spiro atoms. The smallest absolute Gasteiger partial charge is 0.272 e. The topological polar surface area (TPSA) is 61.0 Å². The van der Waals surface area contributed by atoms with Crippen LogP contribution in [-0.4, -0.2) is 47.2 Å². The van der Waals surface area contributed by atoms with Crippen molar-refractivity contribution in [3.63, 3.8) is 0 Å². The Balaban J connectivity index is 1.92. The fraction of sp³-hybridized carbons (Fsp3) is 0.467. The number of nitrogens with zero attached hydrogens (tertiary/aromatic N) is 2. The highest BCUT2D eigenvalue weighted by molar-refractivity contribution is 6.04. The third kappa shape index (κ3) is 3.17. The zero-order valence-corrected chi connectivity index (χ0v) is 12.3. The third-order valence-corrected chi connectivity index (χ3v) is 3.78. The average Bonchev–Trinajstić information content (AvgIpc) is 2.90. The van der Waals surface area contributed by atoms with Crippen LogP contribution in [0.2, 0.25) is 0 Å². The number of likely N-dealkylation sites (N-methyl/N-ethyl adjacent to an activating group) is 1. The van der Waals surface area contributed by atoms with Crippen LogP contribution in [-0.2, 0) is 0 Å². The van der Waals surface area contributed by atoms with Crippen LogP contribution in [0.4, 0.5) is 0 Å². The van der Waals surface area contributed by atoms with E-state index in [0.29, 0.717) is 18.3 Å². The van der Waals surface area contributed by atoms with E-state index in [1.54, 1.807) is 0 Å². The van der Waals surface area contributed by atoms with E-state index in [1.165, 1.54) is 0 Å². The molecule has 108 valence electrons. The van der Waals surface area contributed by atoms with Gasteiger partial charge in [-0.3, -0.25) is 9.89 Å². The number of para-hydroxylation sites is 1. The van der Waals surface area contributed by atoms with E-state index < -0.39 is 0 Å². The van der Waals surface area contributed by atoms with Crippen molar-refractivity contribution in [1.29, 1.82) is 0 Å². The number of nitrogens with one attached hydrogen (secondary N) is 2. The lowest BCUT2D eigenvalue weighted by Gasteiger charge is -2.23. The summed E-state index contributed by atoms with van der Waals surface area (Å²) in [4.78, 5) is 14.4. The number of carbonyl (C=O) groups is 1. The van der Waals surface area contributed by atoms with Crippen molar-refractivity contribution >= 4 is 16.8 Å². The first-order valence-electron chi connectivity index (χ1n) is 7.05. The Kier molecular flexibility index (Phi) is 4.74. The van der Waals surface area contributed by atoms with Gasteiger partial charge in [-0.05, 0) is 26.5 Å². The maximum atomic E-state index is 12.1. The second-order valence-corrected chi connectivity index (χ2v) is 5.11. The number of carbonyl (C=O) groups excluding carboxylic acids is 1. The van der Waals surface area contributed by atoms with Crippen LogP contribution in [0.3, 0.4) is 0 Å². The Labute approximate surface area is 119 Å². The largest absolute Gasteiger partial charge is 0.349 e. The minimum absolute atomic E-state index is 0.125. The average molecular weight is 274 g/mol. The zero-order chi connectivity index (χ0) is 14.5. The predicted octanol–water partition coefficient (Wildman–Crippen LogP) is 2.02. The number of H-pyrrole nitrogens is 1. The SMILES string of the molecule is CCC(C)N(C)CCNC(=O)c1n[nH]c2ccccc12. The Hall–Kier alpha value is -1.88. The molecule has 0 bridgehead atoms. The molecule has 0 radical (unpaired) electrons. The molecule has 5 nitrogen and oxygen atoms in total. The van der Waals surface area contributed by atoms with Crippen molar-refractivity contribution in [3.05, 3.63) is 30.0 Å². The van der Waals surface area contributed by atoms with E-state index in [1.807, 2.05) is 24.3 Å². The van der Waals surface area contributed by atoms with Gasteiger partial charge in [0.05, 0.1) is 5.52 Å². The van der Waals surface area contributed by atoms with Gasteiger partial charge in [-0.1, -0.05) is 25.1 Å². The molecule has 0 saturated heterocycles. The van der Waals surface area contributed by atoms with Crippen molar-refractivity contribution in [3.8, 4) is 0 Å². The molecule has 0 saturated carbocycles.